The number of aliphatic hydroxyl groups is 8. The van der Waals surface area contributed by atoms with E-state index in [4.69, 9.17) is 18.9 Å². The molecule has 2 aliphatic rings. The van der Waals surface area contributed by atoms with Gasteiger partial charge in [0.15, 0.2) is 12.6 Å². The third kappa shape index (κ3) is 20.0. The lowest BCUT2D eigenvalue weighted by molar-refractivity contribution is -0.359. The molecule has 12 unspecified atom stereocenters. The van der Waals surface area contributed by atoms with Crippen LogP contribution in [0.2, 0.25) is 0 Å². The molecule has 0 aromatic heterocycles. The smallest absolute Gasteiger partial charge is 0.220 e. The van der Waals surface area contributed by atoms with Crippen molar-refractivity contribution in [3.8, 4) is 0 Å². The number of hydrogen-bond donors (Lipinski definition) is 9. The molecule has 0 spiro atoms. The van der Waals surface area contributed by atoms with E-state index in [1.54, 1.807) is 6.08 Å². The minimum absolute atomic E-state index is 0.258. The van der Waals surface area contributed by atoms with Crippen LogP contribution in [0.15, 0.2) is 48.6 Å². The summed E-state index contributed by atoms with van der Waals surface area (Å²) in [6, 6.07) is -0.916. The standard InChI is InChI=1S/C44H77NO13/c1-3-5-7-9-11-12-13-14-15-16-17-18-19-20-22-24-26-28-36(49)45-32(33(48)27-25-23-21-10-8-6-4-2)31-55-43-41(54)39(52)42(35(30-47)57-43)58-44-40(53)38(51)37(50)34(29-46)56-44/h5,7,11-12,14-15,25,27,32-35,37-44,46-48,50-54H,3-4,6,8-10,13,16-24,26,28-31H2,1-2H3,(H,45,49)/b7-5-,12-11-,15-14-,27-25+. The van der Waals surface area contributed by atoms with E-state index in [-0.39, 0.29) is 18.9 Å². The Balaban J connectivity index is 1.85. The second-order valence-electron chi connectivity index (χ2n) is 15.4. The number of amides is 1. The Morgan fingerprint density at radius 1 is 0.638 bits per heavy atom. The molecular formula is C44H77NO13. The first-order chi connectivity index (χ1) is 28.1. The number of rotatable bonds is 31. The largest absolute Gasteiger partial charge is 0.394 e. The van der Waals surface area contributed by atoms with Crippen LogP contribution in [-0.4, -0.2) is 140 Å². The highest BCUT2D eigenvalue weighted by molar-refractivity contribution is 5.76. The summed E-state index contributed by atoms with van der Waals surface area (Å²) in [5.41, 5.74) is 0. The van der Waals surface area contributed by atoms with Gasteiger partial charge in [0.25, 0.3) is 0 Å². The van der Waals surface area contributed by atoms with Crippen LogP contribution < -0.4 is 5.32 Å². The quantitative estimate of drug-likeness (QED) is 0.0359. The molecule has 0 aromatic carbocycles. The molecule has 14 heteroatoms. The van der Waals surface area contributed by atoms with Gasteiger partial charge < -0.3 is 65.1 Å². The maximum Gasteiger partial charge on any atom is 0.220 e. The van der Waals surface area contributed by atoms with Gasteiger partial charge in [0, 0.05) is 6.42 Å². The Hall–Kier alpha value is -2.05. The van der Waals surface area contributed by atoms with E-state index in [0.717, 1.165) is 83.5 Å². The molecule has 0 bridgehead atoms. The molecule has 9 N–H and O–H groups in total. The zero-order valence-electron chi connectivity index (χ0n) is 35.0. The summed E-state index contributed by atoms with van der Waals surface area (Å²) in [5, 5.41) is 86.1. The molecule has 0 aliphatic carbocycles. The van der Waals surface area contributed by atoms with Crippen LogP contribution >= 0.6 is 0 Å². The topological polar surface area (TPSA) is 228 Å². The van der Waals surface area contributed by atoms with E-state index in [2.05, 4.69) is 55.6 Å². The fraction of sp³-hybridized carbons (Fsp3) is 0.795. The summed E-state index contributed by atoms with van der Waals surface area (Å²) in [5.74, 6) is -0.258. The molecule has 2 fully saturated rings. The summed E-state index contributed by atoms with van der Waals surface area (Å²) in [7, 11) is 0. The molecule has 14 nitrogen and oxygen atoms in total. The van der Waals surface area contributed by atoms with Crippen molar-refractivity contribution < 1.29 is 64.6 Å². The van der Waals surface area contributed by atoms with Crippen molar-refractivity contribution >= 4 is 5.91 Å². The maximum absolute atomic E-state index is 13.0. The molecule has 2 saturated heterocycles. The molecule has 12 atom stereocenters. The van der Waals surface area contributed by atoms with E-state index < -0.39 is 86.8 Å². The van der Waals surface area contributed by atoms with E-state index >= 15 is 0 Å². The predicted molar refractivity (Wildman–Crippen MR) is 221 cm³/mol. The van der Waals surface area contributed by atoms with Crippen molar-refractivity contribution in [1.82, 2.24) is 5.32 Å². The third-order valence-electron chi connectivity index (χ3n) is 10.5. The normalized spacial score (nSPS) is 29.3. The van der Waals surface area contributed by atoms with Crippen molar-refractivity contribution in [3.05, 3.63) is 48.6 Å². The zero-order valence-corrected chi connectivity index (χ0v) is 35.0. The van der Waals surface area contributed by atoms with Crippen LogP contribution in [0.25, 0.3) is 0 Å². The minimum Gasteiger partial charge on any atom is -0.394 e. The molecule has 0 aromatic rings. The van der Waals surface area contributed by atoms with Gasteiger partial charge >= 0.3 is 0 Å². The lowest BCUT2D eigenvalue weighted by atomic mass is 9.97. The molecule has 58 heavy (non-hydrogen) atoms. The number of ether oxygens (including phenoxy) is 4. The average Bonchev–Trinajstić information content (AvgIpc) is 3.22. The lowest BCUT2D eigenvalue weighted by Crippen LogP contribution is -2.65. The van der Waals surface area contributed by atoms with Gasteiger partial charge in [-0.2, -0.15) is 0 Å². The van der Waals surface area contributed by atoms with Crippen molar-refractivity contribution in [2.24, 2.45) is 0 Å². The number of carbonyl (C=O) groups excluding carboxylic acids is 1. The predicted octanol–water partition coefficient (Wildman–Crippen LogP) is 3.76. The Morgan fingerprint density at radius 3 is 1.83 bits per heavy atom. The average molecular weight is 828 g/mol. The monoisotopic (exact) mass is 828 g/mol. The summed E-state index contributed by atoms with van der Waals surface area (Å²) < 4.78 is 22.5. The summed E-state index contributed by atoms with van der Waals surface area (Å²) in [6.45, 7) is 2.56. The first kappa shape index (κ1) is 52.1. The van der Waals surface area contributed by atoms with E-state index in [0.29, 0.717) is 6.42 Å². The number of allylic oxidation sites excluding steroid dienone is 7. The number of nitrogens with one attached hydrogen (secondary N) is 1. The van der Waals surface area contributed by atoms with Crippen molar-refractivity contribution in [3.63, 3.8) is 0 Å². The molecule has 2 aliphatic heterocycles. The molecule has 0 radical (unpaired) electrons. The maximum atomic E-state index is 13.0. The van der Waals surface area contributed by atoms with Gasteiger partial charge in [-0.3, -0.25) is 4.79 Å². The molecule has 1 amide bonds. The van der Waals surface area contributed by atoms with Gasteiger partial charge in [0.05, 0.1) is 32.0 Å². The Bertz CT molecular complexity index is 1160. The van der Waals surface area contributed by atoms with Gasteiger partial charge in [0.1, 0.15) is 48.8 Å². The second-order valence-corrected chi connectivity index (χ2v) is 15.4. The molecule has 336 valence electrons. The molecule has 0 saturated carbocycles. The fourth-order valence-corrected chi connectivity index (χ4v) is 6.89. The van der Waals surface area contributed by atoms with Crippen molar-refractivity contribution in [2.45, 2.75) is 203 Å². The third-order valence-corrected chi connectivity index (χ3v) is 10.5. The minimum atomic E-state index is -1.79. The Labute approximate surface area is 346 Å². The van der Waals surface area contributed by atoms with Crippen LogP contribution in [0.5, 0.6) is 0 Å². The Kier molecular flexibility index (Phi) is 28.5. The SMILES string of the molecule is CC/C=C\C/C=C\C/C=C\CCCCCCCCCC(=O)NC(COC1OC(CO)C(OC2OC(CO)C(O)C(O)C2O)C(O)C1O)C(O)/C=C/CCCCCCC. The van der Waals surface area contributed by atoms with Gasteiger partial charge in [-0.15, -0.1) is 0 Å². The summed E-state index contributed by atoms with van der Waals surface area (Å²) in [4.78, 5) is 13.0. The summed E-state index contributed by atoms with van der Waals surface area (Å²) in [6.07, 6.45) is 17.6. The fourth-order valence-electron chi connectivity index (χ4n) is 6.89. The highest BCUT2D eigenvalue weighted by atomic mass is 16.7. The van der Waals surface area contributed by atoms with Gasteiger partial charge in [-0.25, -0.2) is 0 Å². The van der Waals surface area contributed by atoms with Gasteiger partial charge in [-0.05, 0) is 51.4 Å². The highest BCUT2D eigenvalue weighted by Gasteiger charge is 2.50. The molecule has 2 rings (SSSR count). The lowest BCUT2D eigenvalue weighted by Gasteiger charge is -2.46. The van der Waals surface area contributed by atoms with Crippen LogP contribution in [0, 0.1) is 0 Å². The molecular weight excluding hydrogens is 750 g/mol. The number of carbonyl (C=O) groups is 1. The first-order valence-corrected chi connectivity index (χ1v) is 21.9. The van der Waals surface area contributed by atoms with Crippen molar-refractivity contribution in [1.29, 1.82) is 0 Å². The van der Waals surface area contributed by atoms with E-state index in [1.807, 2.05) is 6.08 Å². The Morgan fingerprint density at radius 2 is 1.19 bits per heavy atom. The van der Waals surface area contributed by atoms with E-state index in [9.17, 15) is 45.6 Å². The van der Waals surface area contributed by atoms with Crippen LogP contribution in [0.4, 0.5) is 0 Å². The van der Waals surface area contributed by atoms with Crippen LogP contribution in [-0.2, 0) is 23.7 Å². The van der Waals surface area contributed by atoms with Gasteiger partial charge in [0.2, 0.25) is 5.91 Å². The first-order valence-electron chi connectivity index (χ1n) is 21.9. The van der Waals surface area contributed by atoms with Crippen LogP contribution in [0.1, 0.15) is 129 Å². The summed E-state index contributed by atoms with van der Waals surface area (Å²) >= 11 is 0. The van der Waals surface area contributed by atoms with Gasteiger partial charge in [-0.1, -0.05) is 120 Å². The number of aliphatic hydroxyl groups excluding tert-OH is 8. The second kappa shape index (κ2) is 31.8. The highest BCUT2D eigenvalue weighted by Crippen LogP contribution is 2.30. The molecule has 2 heterocycles. The number of hydrogen-bond acceptors (Lipinski definition) is 13. The van der Waals surface area contributed by atoms with Crippen molar-refractivity contribution in [2.75, 3.05) is 19.8 Å². The van der Waals surface area contributed by atoms with Crippen LogP contribution in [0.3, 0.4) is 0 Å². The van der Waals surface area contributed by atoms with E-state index in [1.165, 1.54) is 19.3 Å². The number of unbranched alkanes of at least 4 members (excludes halogenated alkanes) is 12. The zero-order chi connectivity index (χ0) is 42.5.